The lowest BCUT2D eigenvalue weighted by Gasteiger charge is -2.33. The summed E-state index contributed by atoms with van der Waals surface area (Å²) < 4.78 is 4.92. The maximum atomic E-state index is 11.2. The Morgan fingerprint density at radius 1 is 1.21 bits per heavy atom. The highest BCUT2D eigenvalue weighted by molar-refractivity contribution is 5.69. The van der Waals surface area contributed by atoms with Crippen molar-refractivity contribution < 1.29 is 9.53 Å². The molecule has 0 saturated carbocycles. The molecule has 0 radical (unpaired) electrons. The number of carbonyl (C=O) groups excluding carboxylic acids is 1. The molecule has 112 valence electrons. The summed E-state index contributed by atoms with van der Waals surface area (Å²) in [5.41, 5.74) is 0. The van der Waals surface area contributed by atoms with Crippen LogP contribution in [0.5, 0.6) is 0 Å². The van der Waals surface area contributed by atoms with Crippen molar-refractivity contribution in [2.45, 2.75) is 59.3 Å². The number of hydrogen-bond acceptors (Lipinski definition) is 3. The smallest absolute Gasteiger partial charge is 0.305 e. The van der Waals surface area contributed by atoms with E-state index in [0.717, 1.165) is 24.7 Å². The molecular weight excluding hydrogens is 238 g/mol. The predicted octanol–water partition coefficient (Wildman–Crippen LogP) is 3.48. The molecular formula is C16H31NO2. The molecule has 3 heteroatoms. The van der Waals surface area contributed by atoms with E-state index in [-0.39, 0.29) is 5.97 Å². The summed E-state index contributed by atoms with van der Waals surface area (Å²) in [6.07, 6.45) is 6.64. The number of piperidine rings is 1. The van der Waals surface area contributed by atoms with Gasteiger partial charge in [0.15, 0.2) is 0 Å². The highest BCUT2D eigenvalue weighted by Crippen LogP contribution is 2.24. The number of nitrogens with zero attached hydrogens (tertiary/aromatic N) is 1. The molecule has 0 N–H and O–H groups in total. The Hall–Kier alpha value is -0.570. The van der Waals surface area contributed by atoms with Crippen LogP contribution in [0, 0.1) is 11.8 Å². The normalized spacial score (nSPS) is 17.9. The molecule has 0 aromatic rings. The molecule has 0 spiro atoms. The molecule has 19 heavy (non-hydrogen) atoms. The monoisotopic (exact) mass is 269 g/mol. The molecule has 0 amide bonds. The number of esters is 1. The van der Waals surface area contributed by atoms with Crippen molar-refractivity contribution in [2.24, 2.45) is 11.8 Å². The first-order valence-corrected chi connectivity index (χ1v) is 8.01. The van der Waals surface area contributed by atoms with Crippen LogP contribution in [0.15, 0.2) is 0 Å². The van der Waals surface area contributed by atoms with Gasteiger partial charge in [-0.1, -0.05) is 20.3 Å². The van der Waals surface area contributed by atoms with E-state index in [0.29, 0.717) is 13.0 Å². The number of ether oxygens (including phenoxy) is 1. The van der Waals surface area contributed by atoms with Crippen LogP contribution < -0.4 is 0 Å². The summed E-state index contributed by atoms with van der Waals surface area (Å²) in [5.74, 6) is 1.73. The Balaban J connectivity index is 1.98. The van der Waals surface area contributed by atoms with Crippen molar-refractivity contribution in [1.82, 2.24) is 4.90 Å². The van der Waals surface area contributed by atoms with Crippen molar-refractivity contribution in [1.29, 1.82) is 0 Å². The van der Waals surface area contributed by atoms with Gasteiger partial charge in [0.05, 0.1) is 6.61 Å². The Kier molecular flexibility index (Phi) is 8.11. The molecule has 1 aliphatic heterocycles. The zero-order valence-corrected chi connectivity index (χ0v) is 13.0. The zero-order chi connectivity index (χ0) is 14.1. The van der Waals surface area contributed by atoms with Gasteiger partial charge in [-0.25, -0.2) is 0 Å². The van der Waals surface area contributed by atoms with Gasteiger partial charge in [0.1, 0.15) is 0 Å². The third-order valence-electron chi connectivity index (χ3n) is 4.24. The molecule has 0 atom stereocenters. The summed E-state index contributed by atoms with van der Waals surface area (Å²) in [6.45, 7) is 10.8. The molecule has 3 nitrogen and oxygen atoms in total. The Morgan fingerprint density at radius 2 is 1.89 bits per heavy atom. The minimum atomic E-state index is -0.0414. The molecule has 0 bridgehead atoms. The van der Waals surface area contributed by atoms with Crippen molar-refractivity contribution in [3.63, 3.8) is 0 Å². The minimum Gasteiger partial charge on any atom is -0.466 e. The number of unbranched alkanes of at least 4 members (excludes halogenated alkanes) is 2. The van der Waals surface area contributed by atoms with E-state index < -0.39 is 0 Å². The van der Waals surface area contributed by atoms with Crippen molar-refractivity contribution >= 4 is 5.97 Å². The second-order valence-electron chi connectivity index (χ2n) is 6.04. The second-order valence-corrected chi connectivity index (χ2v) is 6.04. The van der Waals surface area contributed by atoms with Crippen molar-refractivity contribution in [2.75, 3.05) is 26.2 Å². The topological polar surface area (TPSA) is 29.5 Å². The van der Waals surface area contributed by atoms with Gasteiger partial charge >= 0.3 is 5.97 Å². The number of likely N-dealkylation sites (tertiary alicyclic amines) is 1. The van der Waals surface area contributed by atoms with Crippen LogP contribution in [-0.2, 0) is 9.53 Å². The van der Waals surface area contributed by atoms with E-state index >= 15 is 0 Å². The van der Waals surface area contributed by atoms with Crippen LogP contribution in [0.2, 0.25) is 0 Å². The number of hydrogen-bond donors (Lipinski definition) is 0. The van der Waals surface area contributed by atoms with Gasteiger partial charge in [0.25, 0.3) is 0 Å². The highest BCUT2D eigenvalue weighted by atomic mass is 16.5. The van der Waals surface area contributed by atoms with E-state index in [1.54, 1.807) is 0 Å². The summed E-state index contributed by atoms with van der Waals surface area (Å²) in [4.78, 5) is 13.8. The third-order valence-corrected chi connectivity index (χ3v) is 4.24. The maximum absolute atomic E-state index is 11.2. The lowest BCUT2D eigenvalue weighted by atomic mass is 9.87. The lowest BCUT2D eigenvalue weighted by molar-refractivity contribution is -0.143. The molecule has 1 heterocycles. The summed E-state index contributed by atoms with van der Waals surface area (Å²) in [6, 6.07) is 0. The molecule has 1 rings (SSSR count). The fraction of sp³-hybridized carbons (Fsp3) is 0.938. The van der Waals surface area contributed by atoms with Gasteiger partial charge in [-0.05, 0) is 64.1 Å². The van der Waals surface area contributed by atoms with Gasteiger partial charge in [0.2, 0.25) is 0 Å². The molecule has 0 aromatic heterocycles. The Bertz CT molecular complexity index is 245. The molecule has 1 fully saturated rings. The van der Waals surface area contributed by atoms with Gasteiger partial charge in [-0.2, -0.15) is 0 Å². The first-order chi connectivity index (χ1) is 9.13. The first kappa shape index (κ1) is 16.5. The fourth-order valence-electron chi connectivity index (χ4n) is 2.86. The largest absolute Gasteiger partial charge is 0.466 e. The van der Waals surface area contributed by atoms with Crippen LogP contribution in [0.3, 0.4) is 0 Å². The summed E-state index contributed by atoms with van der Waals surface area (Å²) >= 11 is 0. The number of rotatable bonds is 8. The highest BCUT2D eigenvalue weighted by Gasteiger charge is 2.20. The molecule has 0 unspecified atom stereocenters. The Labute approximate surface area is 118 Å². The van der Waals surface area contributed by atoms with Crippen LogP contribution in [0.4, 0.5) is 0 Å². The van der Waals surface area contributed by atoms with E-state index in [1.807, 2.05) is 6.92 Å². The molecule has 0 aromatic carbocycles. The lowest BCUT2D eigenvalue weighted by Crippen LogP contribution is -2.35. The fourth-order valence-corrected chi connectivity index (χ4v) is 2.86. The van der Waals surface area contributed by atoms with Crippen LogP contribution in [0.1, 0.15) is 59.3 Å². The average Bonchev–Trinajstić information content (AvgIpc) is 2.39. The SMILES string of the molecule is CCOC(=O)CCCCCN1CCC(C(C)C)CC1. The van der Waals surface area contributed by atoms with Crippen LogP contribution in [0.25, 0.3) is 0 Å². The van der Waals surface area contributed by atoms with Crippen molar-refractivity contribution in [3.8, 4) is 0 Å². The van der Waals surface area contributed by atoms with Gasteiger partial charge in [-0.15, -0.1) is 0 Å². The molecule has 0 aliphatic carbocycles. The summed E-state index contributed by atoms with van der Waals surface area (Å²) in [5, 5.41) is 0. The molecule has 1 aliphatic rings. The Morgan fingerprint density at radius 3 is 2.47 bits per heavy atom. The van der Waals surface area contributed by atoms with Gasteiger partial charge in [0, 0.05) is 6.42 Å². The predicted molar refractivity (Wildman–Crippen MR) is 79.1 cm³/mol. The van der Waals surface area contributed by atoms with Crippen LogP contribution >= 0.6 is 0 Å². The quantitative estimate of drug-likeness (QED) is 0.499. The average molecular weight is 269 g/mol. The zero-order valence-electron chi connectivity index (χ0n) is 13.0. The standard InChI is InChI=1S/C16H31NO2/c1-4-19-16(18)8-6-5-7-11-17-12-9-15(10-13-17)14(2)3/h14-15H,4-13H2,1-3H3. The van der Waals surface area contributed by atoms with Crippen LogP contribution in [-0.4, -0.2) is 37.1 Å². The molecule has 1 saturated heterocycles. The second kappa shape index (κ2) is 9.35. The first-order valence-electron chi connectivity index (χ1n) is 8.01. The van der Waals surface area contributed by atoms with E-state index in [9.17, 15) is 4.79 Å². The van der Waals surface area contributed by atoms with Gasteiger partial charge < -0.3 is 9.64 Å². The minimum absolute atomic E-state index is 0.0414. The summed E-state index contributed by atoms with van der Waals surface area (Å²) in [7, 11) is 0. The van der Waals surface area contributed by atoms with E-state index in [1.165, 1.54) is 38.9 Å². The van der Waals surface area contributed by atoms with Gasteiger partial charge in [-0.3, -0.25) is 4.79 Å². The van der Waals surface area contributed by atoms with E-state index in [4.69, 9.17) is 4.74 Å². The number of carbonyl (C=O) groups is 1. The third kappa shape index (κ3) is 6.95. The van der Waals surface area contributed by atoms with E-state index in [2.05, 4.69) is 18.7 Å². The van der Waals surface area contributed by atoms with Crippen molar-refractivity contribution in [3.05, 3.63) is 0 Å². The maximum Gasteiger partial charge on any atom is 0.305 e.